The number of benzene rings is 1. The van der Waals surface area contributed by atoms with E-state index in [2.05, 4.69) is 10.3 Å². The lowest BCUT2D eigenvalue weighted by atomic mass is 10.0. The van der Waals surface area contributed by atoms with Crippen molar-refractivity contribution in [1.29, 1.82) is 0 Å². The first-order chi connectivity index (χ1) is 13.9. The SMILES string of the molecule is Nc1cnc(SC2=C(C(=O)O)N3C(=O)[C@@H](NC(=O)Cc4ccccc4)[C@H]3SC2)s1. The number of anilines is 1. The van der Waals surface area contributed by atoms with Crippen LogP contribution >= 0.6 is 34.9 Å². The molecule has 11 heteroatoms. The number of hydrogen-bond acceptors (Lipinski definition) is 8. The molecule has 0 aliphatic carbocycles. The molecule has 1 fully saturated rings. The number of aromatic nitrogens is 1. The van der Waals surface area contributed by atoms with Crippen molar-refractivity contribution in [1.82, 2.24) is 15.2 Å². The largest absolute Gasteiger partial charge is 0.477 e. The minimum Gasteiger partial charge on any atom is -0.477 e. The number of carboxylic acid groups (broad SMARTS) is 1. The van der Waals surface area contributed by atoms with Crippen LogP contribution in [0.3, 0.4) is 0 Å². The summed E-state index contributed by atoms with van der Waals surface area (Å²) in [6.07, 6.45) is 1.68. The molecule has 4 rings (SSSR count). The van der Waals surface area contributed by atoms with Gasteiger partial charge in [0.05, 0.1) is 12.6 Å². The van der Waals surface area contributed by atoms with Gasteiger partial charge in [-0.2, -0.15) is 0 Å². The smallest absolute Gasteiger partial charge is 0.353 e. The van der Waals surface area contributed by atoms with Gasteiger partial charge in [0.15, 0.2) is 4.34 Å². The number of nitrogens with two attached hydrogens (primary N) is 1. The first-order valence-electron chi connectivity index (χ1n) is 8.57. The third-order valence-electron chi connectivity index (χ3n) is 4.37. The summed E-state index contributed by atoms with van der Waals surface area (Å²) in [6.45, 7) is 0. The number of carboxylic acids is 1. The summed E-state index contributed by atoms with van der Waals surface area (Å²) >= 11 is 3.89. The van der Waals surface area contributed by atoms with Crippen LogP contribution in [0.25, 0.3) is 0 Å². The molecule has 0 spiro atoms. The van der Waals surface area contributed by atoms with Crippen molar-refractivity contribution >= 4 is 57.6 Å². The molecule has 2 aliphatic heterocycles. The highest BCUT2D eigenvalue weighted by atomic mass is 32.2. The second-order valence-corrected chi connectivity index (χ2v) is 9.83. The Hall–Kier alpha value is -2.50. The normalized spacial score (nSPS) is 20.8. The second-order valence-electron chi connectivity index (χ2n) is 6.32. The van der Waals surface area contributed by atoms with E-state index in [1.165, 1.54) is 46.0 Å². The molecule has 150 valence electrons. The average Bonchev–Trinajstić information content (AvgIpc) is 3.11. The maximum absolute atomic E-state index is 12.7. The Balaban J connectivity index is 1.47. The predicted octanol–water partition coefficient (Wildman–Crippen LogP) is 1.76. The lowest BCUT2D eigenvalue weighted by Crippen LogP contribution is -2.70. The van der Waals surface area contributed by atoms with Gasteiger partial charge in [-0.1, -0.05) is 53.4 Å². The molecule has 2 atom stereocenters. The summed E-state index contributed by atoms with van der Waals surface area (Å²) in [5.41, 5.74) is 6.48. The molecule has 2 aromatic rings. The third-order valence-corrected chi connectivity index (χ3v) is 7.82. The van der Waals surface area contributed by atoms with Crippen LogP contribution < -0.4 is 11.1 Å². The molecule has 1 aromatic heterocycles. The number of β-lactam (4-membered cyclic amide) rings is 1. The molecule has 1 aromatic carbocycles. The number of amides is 2. The van der Waals surface area contributed by atoms with Crippen molar-refractivity contribution < 1.29 is 19.5 Å². The highest BCUT2D eigenvalue weighted by Crippen LogP contribution is 2.45. The molecular formula is C18H16N4O4S3. The molecular weight excluding hydrogens is 432 g/mol. The molecule has 29 heavy (non-hydrogen) atoms. The molecule has 1 saturated heterocycles. The Labute approximate surface area is 178 Å². The zero-order chi connectivity index (χ0) is 20.5. The summed E-state index contributed by atoms with van der Waals surface area (Å²) in [7, 11) is 0. The number of fused-ring (bicyclic) bond motifs is 1. The van der Waals surface area contributed by atoms with E-state index in [9.17, 15) is 19.5 Å². The number of nitrogens with zero attached hydrogens (tertiary/aromatic N) is 2. The lowest BCUT2D eigenvalue weighted by Gasteiger charge is -2.49. The fourth-order valence-corrected chi connectivity index (χ4v) is 6.50. The first-order valence-corrected chi connectivity index (χ1v) is 11.3. The number of nitrogen functional groups attached to an aromatic ring is 1. The first kappa shape index (κ1) is 19.8. The summed E-state index contributed by atoms with van der Waals surface area (Å²) < 4.78 is 0.621. The summed E-state index contributed by atoms with van der Waals surface area (Å²) in [4.78, 5) is 42.8. The van der Waals surface area contributed by atoms with E-state index in [1.54, 1.807) is 0 Å². The van der Waals surface area contributed by atoms with Gasteiger partial charge in [-0.15, -0.1) is 11.8 Å². The van der Waals surface area contributed by atoms with E-state index >= 15 is 0 Å². The summed E-state index contributed by atoms with van der Waals surface area (Å²) in [6, 6.07) is 8.49. The van der Waals surface area contributed by atoms with Crippen LogP contribution in [-0.2, 0) is 20.8 Å². The Bertz CT molecular complexity index is 1010. The predicted molar refractivity (Wildman–Crippen MR) is 112 cm³/mol. The van der Waals surface area contributed by atoms with Crippen LogP contribution in [0.15, 0.2) is 51.5 Å². The van der Waals surface area contributed by atoms with E-state index in [4.69, 9.17) is 5.73 Å². The molecule has 2 amide bonds. The maximum atomic E-state index is 12.7. The molecule has 4 N–H and O–H groups in total. The number of hydrogen-bond donors (Lipinski definition) is 3. The van der Waals surface area contributed by atoms with Crippen molar-refractivity contribution in [3.8, 4) is 0 Å². The van der Waals surface area contributed by atoms with Crippen molar-refractivity contribution in [2.24, 2.45) is 0 Å². The van der Waals surface area contributed by atoms with Gasteiger partial charge >= 0.3 is 5.97 Å². The number of aliphatic carboxylic acids is 1. The van der Waals surface area contributed by atoms with Crippen LogP contribution in [0.5, 0.6) is 0 Å². The monoisotopic (exact) mass is 448 g/mol. The molecule has 8 nitrogen and oxygen atoms in total. The van der Waals surface area contributed by atoms with Gasteiger partial charge in [0.25, 0.3) is 5.91 Å². The zero-order valence-electron chi connectivity index (χ0n) is 14.9. The van der Waals surface area contributed by atoms with Crippen LogP contribution in [0.1, 0.15) is 5.56 Å². The standard InChI is InChI=1S/C18H16N4O4S3/c19-11-7-20-18(29-11)28-10-8-27-16-13(15(24)22(16)14(10)17(25)26)21-12(23)6-9-4-2-1-3-5-9/h1-5,7,13,16H,6,8,19H2,(H,21,23)(H,25,26)/t13-,16-/m1/s1. The van der Waals surface area contributed by atoms with E-state index in [-0.39, 0.29) is 18.0 Å². The van der Waals surface area contributed by atoms with Crippen molar-refractivity contribution in [2.75, 3.05) is 11.5 Å². The third kappa shape index (κ3) is 3.98. The minimum absolute atomic E-state index is 0.0499. The Morgan fingerprint density at radius 3 is 2.76 bits per heavy atom. The van der Waals surface area contributed by atoms with E-state index in [0.717, 1.165) is 5.56 Å². The van der Waals surface area contributed by atoms with Crippen molar-refractivity contribution in [3.63, 3.8) is 0 Å². The second kappa shape index (κ2) is 8.09. The number of nitrogens with one attached hydrogen (secondary N) is 1. The number of carbonyl (C=O) groups is 3. The van der Waals surface area contributed by atoms with E-state index < -0.39 is 23.3 Å². The molecule has 3 heterocycles. The molecule has 2 aliphatic rings. The Kier molecular flexibility index (Phi) is 5.52. The van der Waals surface area contributed by atoms with Gasteiger partial charge in [-0.25, -0.2) is 9.78 Å². The van der Waals surface area contributed by atoms with Gasteiger partial charge in [-0.3, -0.25) is 14.5 Å². The van der Waals surface area contributed by atoms with Crippen LogP contribution in [0.4, 0.5) is 5.00 Å². The number of rotatable bonds is 6. The maximum Gasteiger partial charge on any atom is 0.353 e. The topological polar surface area (TPSA) is 126 Å². The van der Waals surface area contributed by atoms with Crippen LogP contribution in [-0.4, -0.2) is 49.9 Å². The van der Waals surface area contributed by atoms with Gasteiger partial charge in [0.1, 0.15) is 22.1 Å². The number of thiazole rings is 1. The number of thioether (sulfide) groups is 2. The average molecular weight is 449 g/mol. The van der Waals surface area contributed by atoms with Crippen molar-refractivity contribution in [2.45, 2.75) is 22.2 Å². The fraction of sp³-hybridized carbons (Fsp3) is 0.222. The lowest BCUT2D eigenvalue weighted by molar-refractivity contribution is -0.150. The zero-order valence-corrected chi connectivity index (χ0v) is 17.4. The van der Waals surface area contributed by atoms with Gasteiger partial charge in [0, 0.05) is 10.7 Å². The molecule has 0 unspecified atom stereocenters. The van der Waals surface area contributed by atoms with Crippen LogP contribution in [0.2, 0.25) is 0 Å². The highest BCUT2D eigenvalue weighted by Gasteiger charge is 2.54. The minimum atomic E-state index is -1.18. The van der Waals surface area contributed by atoms with Crippen molar-refractivity contribution in [3.05, 3.63) is 52.7 Å². The van der Waals surface area contributed by atoms with Gasteiger partial charge < -0.3 is 16.2 Å². The molecule has 0 saturated carbocycles. The highest BCUT2D eigenvalue weighted by molar-refractivity contribution is 8.07. The van der Waals surface area contributed by atoms with Gasteiger partial charge in [-0.05, 0) is 5.56 Å². The Morgan fingerprint density at radius 2 is 2.10 bits per heavy atom. The molecule has 0 radical (unpaired) electrons. The Morgan fingerprint density at radius 1 is 1.34 bits per heavy atom. The molecule has 0 bridgehead atoms. The summed E-state index contributed by atoms with van der Waals surface area (Å²) in [5.74, 6) is -1.46. The van der Waals surface area contributed by atoms with E-state index in [1.807, 2.05) is 30.3 Å². The quantitative estimate of drug-likeness (QED) is 0.571. The fourth-order valence-electron chi connectivity index (χ4n) is 3.10. The van der Waals surface area contributed by atoms with Gasteiger partial charge in [0.2, 0.25) is 5.91 Å². The number of carbonyl (C=O) groups excluding carboxylic acids is 2. The van der Waals surface area contributed by atoms with Crippen LogP contribution in [0, 0.1) is 0 Å². The van der Waals surface area contributed by atoms with E-state index in [0.29, 0.717) is 20.0 Å². The summed E-state index contributed by atoms with van der Waals surface area (Å²) in [5, 5.41) is 12.5.